The molecule has 3 N–H and O–H groups in total. The number of carbonyl (C=O) groups is 1. The highest BCUT2D eigenvalue weighted by atomic mass is 16.6. The van der Waals surface area contributed by atoms with E-state index < -0.39 is 5.60 Å². The van der Waals surface area contributed by atoms with Crippen LogP contribution in [-0.4, -0.2) is 143 Å². The molecular weight excluding hydrogens is 656 g/mol. The molecule has 14 heteroatoms. The quantitative estimate of drug-likeness (QED) is 0.0960. The zero-order chi connectivity index (χ0) is 36.3. The summed E-state index contributed by atoms with van der Waals surface area (Å²) in [4.78, 5) is 29.4. The molecule has 0 atom stereocenters. The number of hydrogen-bond acceptors (Lipinski definition) is 13. The maximum Gasteiger partial charge on any atom is 0.308 e. The van der Waals surface area contributed by atoms with Gasteiger partial charge in [-0.1, -0.05) is 13.3 Å². The minimum atomic E-state index is -0.472. The minimum Gasteiger partial charge on any atom is -0.460 e. The Balaban J connectivity index is 0.944. The predicted octanol–water partition coefficient (Wildman–Crippen LogP) is 3.99. The number of unbranched alkanes of at least 4 members (excludes halogenated alkanes) is 1. The van der Waals surface area contributed by atoms with Crippen molar-refractivity contribution >= 4 is 39.4 Å². The summed E-state index contributed by atoms with van der Waals surface area (Å²) in [6.45, 7) is 18.5. The zero-order valence-corrected chi connectivity index (χ0v) is 31.2. The molecule has 0 saturated carbocycles. The molecule has 1 saturated heterocycles. The van der Waals surface area contributed by atoms with Crippen LogP contribution >= 0.6 is 0 Å². The second kappa shape index (κ2) is 22.1. The molecule has 51 heavy (non-hydrogen) atoms. The lowest BCUT2D eigenvalue weighted by atomic mass is 10.1. The second-order valence-electron chi connectivity index (χ2n) is 13.5. The first-order chi connectivity index (χ1) is 24.7. The van der Waals surface area contributed by atoms with Crippen LogP contribution < -0.4 is 10.6 Å². The van der Waals surface area contributed by atoms with Gasteiger partial charge in [0, 0.05) is 50.2 Å². The van der Waals surface area contributed by atoms with E-state index >= 15 is 0 Å². The average Bonchev–Trinajstić information content (AvgIpc) is 3.55. The molecule has 0 bridgehead atoms. The molecule has 0 radical (unpaired) electrons. The van der Waals surface area contributed by atoms with Crippen molar-refractivity contribution in [3.8, 4) is 0 Å². The summed E-state index contributed by atoms with van der Waals surface area (Å²) in [7, 11) is 0. The normalized spacial score (nSPS) is 14.2. The summed E-state index contributed by atoms with van der Waals surface area (Å²) >= 11 is 0. The van der Waals surface area contributed by atoms with Gasteiger partial charge in [0.2, 0.25) is 0 Å². The molecule has 2 aromatic heterocycles. The standard InChI is InChI=1S/C37H60N6O8/c1-5-6-7-32-40-34-30-28-29(8-9-31(30)39-36(38)35(34)41-32)43-13-11-42(12-14-43)15-17-46-19-21-48-23-25-50-27-26-49-24-22-47-20-18-45-16-10-33(44)51-37(2,3)4/h8-9,28H,5-7,10-27H2,1-4H3,(H2,38,39)(H,40,41). The molecule has 286 valence electrons. The number of rotatable bonds is 25. The molecule has 1 aromatic carbocycles. The number of H-pyrrole nitrogens is 1. The number of anilines is 2. The number of nitrogens with two attached hydrogens (primary N) is 1. The lowest BCUT2D eigenvalue weighted by molar-refractivity contribution is -0.156. The Bertz CT molecular complexity index is 1440. The Morgan fingerprint density at radius 3 is 1.94 bits per heavy atom. The number of piperazine rings is 1. The van der Waals surface area contributed by atoms with Crippen LogP contribution in [0.5, 0.6) is 0 Å². The van der Waals surface area contributed by atoms with E-state index in [1.54, 1.807) is 0 Å². The third-order valence-electron chi connectivity index (χ3n) is 8.27. The molecule has 1 aliphatic heterocycles. The van der Waals surface area contributed by atoms with E-state index in [2.05, 4.69) is 44.9 Å². The van der Waals surface area contributed by atoms with Crippen LogP contribution in [0, 0.1) is 0 Å². The molecule has 4 rings (SSSR count). The Kier molecular flexibility index (Phi) is 17.6. The Labute approximate surface area is 302 Å². The Morgan fingerprint density at radius 1 is 0.804 bits per heavy atom. The highest BCUT2D eigenvalue weighted by molar-refractivity contribution is 6.07. The number of carbonyl (C=O) groups excluding carboxylic acids is 1. The number of aryl methyl sites for hydroxylation is 1. The maximum absolute atomic E-state index is 11.6. The molecule has 1 aliphatic rings. The monoisotopic (exact) mass is 716 g/mol. The molecule has 1 fully saturated rings. The predicted molar refractivity (Wildman–Crippen MR) is 198 cm³/mol. The number of nitrogen functional groups attached to an aromatic ring is 1. The number of aromatic amines is 1. The van der Waals surface area contributed by atoms with Crippen molar-refractivity contribution in [2.45, 2.75) is 59.0 Å². The SMILES string of the molecule is CCCCc1nc2c(N)nc3ccc(N4CCN(CCOCCOCCOCCOCCOCCOCCC(=O)OC(C)(C)C)CC4)cc3c2[nH]1. The van der Waals surface area contributed by atoms with Crippen molar-refractivity contribution in [3.63, 3.8) is 0 Å². The third kappa shape index (κ3) is 14.8. The van der Waals surface area contributed by atoms with Crippen LogP contribution in [-0.2, 0) is 44.4 Å². The molecule has 0 spiro atoms. The first-order valence-electron chi connectivity index (χ1n) is 18.5. The van der Waals surface area contributed by atoms with Crippen LogP contribution in [0.3, 0.4) is 0 Å². The highest BCUT2D eigenvalue weighted by Gasteiger charge is 2.19. The largest absolute Gasteiger partial charge is 0.460 e. The van der Waals surface area contributed by atoms with E-state index in [0.717, 1.165) is 79.7 Å². The van der Waals surface area contributed by atoms with Gasteiger partial charge in [0.25, 0.3) is 0 Å². The van der Waals surface area contributed by atoms with Gasteiger partial charge < -0.3 is 48.8 Å². The summed E-state index contributed by atoms with van der Waals surface area (Å²) in [5.41, 5.74) is 9.61. The fraction of sp³-hybridized carbons (Fsp3) is 0.703. The zero-order valence-electron chi connectivity index (χ0n) is 31.2. The number of esters is 1. The van der Waals surface area contributed by atoms with E-state index in [1.165, 1.54) is 5.69 Å². The molecule has 0 amide bonds. The van der Waals surface area contributed by atoms with Crippen molar-refractivity contribution < 1.29 is 38.0 Å². The van der Waals surface area contributed by atoms with Gasteiger partial charge in [0.1, 0.15) is 16.9 Å². The van der Waals surface area contributed by atoms with Crippen molar-refractivity contribution in [2.75, 3.05) is 123 Å². The summed E-state index contributed by atoms with van der Waals surface area (Å²) in [5.74, 6) is 1.19. The second-order valence-corrected chi connectivity index (χ2v) is 13.5. The number of aromatic nitrogens is 3. The van der Waals surface area contributed by atoms with Crippen LogP contribution in [0.1, 0.15) is 52.8 Å². The fourth-order valence-electron chi connectivity index (χ4n) is 5.64. The van der Waals surface area contributed by atoms with Crippen LogP contribution in [0.4, 0.5) is 11.5 Å². The number of benzene rings is 1. The maximum atomic E-state index is 11.6. The van der Waals surface area contributed by atoms with Crippen molar-refractivity contribution in [1.82, 2.24) is 19.9 Å². The van der Waals surface area contributed by atoms with Gasteiger partial charge >= 0.3 is 5.97 Å². The lowest BCUT2D eigenvalue weighted by Gasteiger charge is -2.36. The number of pyridine rings is 1. The minimum absolute atomic E-state index is 0.236. The molecule has 3 aromatic rings. The van der Waals surface area contributed by atoms with Gasteiger partial charge in [-0.25, -0.2) is 9.97 Å². The van der Waals surface area contributed by atoms with Gasteiger partial charge in [0.15, 0.2) is 5.82 Å². The number of nitrogens with zero attached hydrogens (tertiary/aromatic N) is 4. The van der Waals surface area contributed by atoms with Crippen molar-refractivity contribution in [1.29, 1.82) is 0 Å². The number of hydrogen-bond donors (Lipinski definition) is 2. The molecule has 0 aliphatic carbocycles. The lowest BCUT2D eigenvalue weighted by Crippen LogP contribution is -2.47. The summed E-state index contributed by atoms with van der Waals surface area (Å²) in [5, 5.41) is 1.07. The van der Waals surface area contributed by atoms with E-state index in [4.69, 9.17) is 43.9 Å². The number of nitrogens with one attached hydrogen (secondary N) is 1. The Morgan fingerprint density at radius 2 is 1.37 bits per heavy atom. The van der Waals surface area contributed by atoms with Gasteiger partial charge in [-0.05, 0) is 45.4 Å². The summed E-state index contributed by atoms with van der Waals surface area (Å²) in [6.07, 6.45) is 3.36. The average molecular weight is 717 g/mol. The first-order valence-corrected chi connectivity index (χ1v) is 18.5. The van der Waals surface area contributed by atoms with E-state index in [9.17, 15) is 4.79 Å². The van der Waals surface area contributed by atoms with Gasteiger partial charge in [0.05, 0.1) is 96.7 Å². The number of ether oxygens (including phenoxy) is 7. The summed E-state index contributed by atoms with van der Waals surface area (Å²) < 4.78 is 38.6. The van der Waals surface area contributed by atoms with Crippen molar-refractivity contribution in [2.24, 2.45) is 0 Å². The topological polar surface area (TPSA) is 156 Å². The molecule has 0 unspecified atom stereocenters. The Hall–Kier alpha value is -3.11. The molecule has 14 nitrogen and oxygen atoms in total. The smallest absolute Gasteiger partial charge is 0.308 e. The summed E-state index contributed by atoms with van der Waals surface area (Å²) in [6, 6.07) is 6.43. The highest BCUT2D eigenvalue weighted by Crippen LogP contribution is 2.30. The van der Waals surface area contributed by atoms with Crippen LogP contribution in [0.25, 0.3) is 21.9 Å². The molecule has 3 heterocycles. The van der Waals surface area contributed by atoms with Crippen molar-refractivity contribution in [3.05, 3.63) is 24.0 Å². The van der Waals surface area contributed by atoms with Gasteiger partial charge in [-0.15, -0.1) is 0 Å². The number of fused-ring (bicyclic) bond motifs is 3. The van der Waals surface area contributed by atoms with Crippen LogP contribution in [0.15, 0.2) is 18.2 Å². The van der Waals surface area contributed by atoms with Gasteiger partial charge in [-0.3, -0.25) is 9.69 Å². The van der Waals surface area contributed by atoms with E-state index in [0.29, 0.717) is 85.1 Å². The van der Waals surface area contributed by atoms with E-state index in [-0.39, 0.29) is 12.4 Å². The fourth-order valence-corrected chi connectivity index (χ4v) is 5.64. The molecular formula is C37H60N6O8. The number of imidazole rings is 1. The van der Waals surface area contributed by atoms with Crippen LogP contribution in [0.2, 0.25) is 0 Å². The van der Waals surface area contributed by atoms with Gasteiger partial charge in [-0.2, -0.15) is 0 Å². The van der Waals surface area contributed by atoms with E-state index in [1.807, 2.05) is 20.8 Å². The third-order valence-corrected chi connectivity index (χ3v) is 8.27. The first kappa shape index (κ1) is 40.7.